The van der Waals surface area contributed by atoms with Crippen LogP contribution in [0.15, 0.2) is 36.4 Å². The molecule has 2 aromatic rings. The number of benzene rings is 1. The molecule has 0 aliphatic heterocycles. The van der Waals surface area contributed by atoms with Crippen molar-refractivity contribution in [3.05, 3.63) is 47.7 Å². The summed E-state index contributed by atoms with van der Waals surface area (Å²) in [6.07, 6.45) is 0. The summed E-state index contributed by atoms with van der Waals surface area (Å²) in [5.41, 5.74) is 2.29. The standard InChI is InChI=1S/C18H26N4/c1-5-21(6-2)17-13-15(4)19-18(20-17)22(7-3)14-16-11-9-8-10-12-16/h8-13H,5-7,14H2,1-4H3. The van der Waals surface area contributed by atoms with E-state index < -0.39 is 0 Å². The van der Waals surface area contributed by atoms with Gasteiger partial charge in [0.05, 0.1) is 0 Å². The molecule has 0 bridgehead atoms. The molecular weight excluding hydrogens is 272 g/mol. The van der Waals surface area contributed by atoms with Crippen molar-refractivity contribution in [2.45, 2.75) is 34.2 Å². The molecule has 0 fully saturated rings. The summed E-state index contributed by atoms with van der Waals surface area (Å²) in [7, 11) is 0. The second-order valence-electron chi connectivity index (χ2n) is 5.34. The summed E-state index contributed by atoms with van der Waals surface area (Å²) in [6.45, 7) is 12.1. The predicted molar refractivity (Wildman–Crippen MR) is 93.5 cm³/mol. The number of hydrogen-bond donors (Lipinski definition) is 0. The molecule has 4 nitrogen and oxygen atoms in total. The summed E-state index contributed by atoms with van der Waals surface area (Å²) in [5.74, 6) is 1.83. The van der Waals surface area contributed by atoms with Crippen LogP contribution in [0.5, 0.6) is 0 Å². The third-order valence-corrected chi connectivity index (χ3v) is 3.80. The van der Waals surface area contributed by atoms with Crippen molar-refractivity contribution < 1.29 is 0 Å². The third kappa shape index (κ3) is 3.97. The van der Waals surface area contributed by atoms with Crippen LogP contribution >= 0.6 is 0 Å². The van der Waals surface area contributed by atoms with Gasteiger partial charge in [-0.1, -0.05) is 30.3 Å². The molecular formula is C18H26N4. The number of nitrogens with zero attached hydrogens (tertiary/aromatic N) is 4. The Hall–Kier alpha value is -2.10. The van der Waals surface area contributed by atoms with Gasteiger partial charge >= 0.3 is 0 Å². The van der Waals surface area contributed by atoms with Gasteiger partial charge in [-0.15, -0.1) is 0 Å². The average molecular weight is 298 g/mol. The highest BCUT2D eigenvalue weighted by atomic mass is 15.3. The zero-order chi connectivity index (χ0) is 15.9. The van der Waals surface area contributed by atoms with E-state index in [-0.39, 0.29) is 0 Å². The van der Waals surface area contributed by atoms with E-state index >= 15 is 0 Å². The molecule has 0 spiro atoms. The van der Waals surface area contributed by atoms with Crippen LogP contribution in [-0.4, -0.2) is 29.6 Å². The lowest BCUT2D eigenvalue weighted by Gasteiger charge is -2.25. The Labute approximate surface area is 133 Å². The molecule has 0 saturated heterocycles. The molecule has 22 heavy (non-hydrogen) atoms. The summed E-state index contributed by atoms with van der Waals surface area (Å²) in [6, 6.07) is 12.5. The van der Waals surface area contributed by atoms with E-state index in [4.69, 9.17) is 4.98 Å². The lowest BCUT2D eigenvalue weighted by atomic mass is 10.2. The first-order valence-electron chi connectivity index (χ1n) is 8.07. The number of anilines is 2. The first kappa shape index (κ1) is 16.3. The lowest BCUT2D eigenvalue weighted by molar-refractivity contribution is 0.774. The number of rotatable bonds is 7. The summed E-state index contributed by atoms with van der Waals surface area (Å²) < 4.78 is 0. The topological polar surface area (TPSA) is 32.3 Å². The first-order chi connectivity index (χ1) is 10.7. The second-order valence-corrected chi connectivity index (χ2v) is 5.34. The molecule has 0 aliphatic carbocycles. The Bertz CT molecular complexity index is 579. The van der Waals surface area contributed by atoms with E-state index in [0.29, 0.717) is 0 Å². The van der Waals surface area contributed by atoms with Gasteiger partial charge in [0.25, 0.3) is 0 Å². The normalized spacial score (nSPS) is 10.5. The zero-order valence-corrected chi connectivity index (χ0v) is 14.1. The molecule has 0 N–H and O–H groups in total. The fourth-order valence-electron chi connectivity index (χ4n) is 2.52. The maximum absolute atomic E-state index is 4.78. The first-order valence-corrected chi connectivity index (χ1v) is 8.07. The molecule has 0 saturated carbocycles. The molecule has 1 aromatic heterocycles. The van der Waals surface area contributed by atoms with Gasteiger partial charge in [0.15, 0.2) is 0 Å². The fourth-order valence-corrected chi connectivity index (χ4v) is 2.52. The molecule has 4 heteroatoms. The van der Waals surface area contributed by atoms with Crippen molar-refractivity contribution in [2.24, 2.45) is 0 Å². The Morgan fingerprint density at radius 1 is 0.864 bits per heavy atom. The van der Waals surface area contributed by atoms with Gasteiger partial charge in [0.2, 0.25) is 5.95 Å². The maximum atomic E-state index is 4.78. The molecule has 118 valence electrons. The van der Waals surface area contributed by atoms with E-state index in [1.54, 1.807) is 0 Å². The Kier molecular flexibility index (Phi) is 5.75. The van der Waals surface area contributed by atoms with E-state index in [0.717, 1.165) is 43.6 Å². The van der Waals surface area contributed by atoms with Crippen LogP contribution in [0.1, 0.15) is 32.0 Å². The van der Waals surface area contributed by atoms with E-state index in [2.05, 4.69) is 65.9 Å². The second kappa shape index (κ2) is 7.78. The van der Waals surface area contributed by atoms with Crippen molar-refractivity contribution in [1.82, 2.24) is 9.97 Å². The Balaban J connectivity index is 2.28. The van der Waals surface area contributed by atoms with Crippen LogP contribution in [0.4, 0.5) is 11.8 Å². The lowest BCUT2D eigenvalue weighted by Crippen LogP contribution is -2.27. The SMILES string of the molecule is CCN(CC)c1cc(C)nc(N(CC)Cc2ccccc2)n1. The van der Waals surface area contributed by atoms with Gasteiger partial charge in [0.1, 0.15) is 5.82 Å². The highest BCUT2D eigenvalue weighted by Crippen LogP contribution is 2.19. The molecule has 0 unspecified atom stereocenters. The van der Waals surface area contributed by atoms with Crippen LogP contribution in [0, 0.1) is 6.92 Å². The summed E-state index contributed by atoms with van der Waals surface area (Å²) >= 11 is 0. The minimum absolute atomic E-state index is 0.813. The van der Waals surface area contributed by atoms with E-state index in [9.17, 15) is 0 Å². The smallest absolute Gasteiger partial charge is 0.227 e. The zero-order valence-electron chi connectivity index (χ0n) is 14.1. The van der Waals surface area contributed by atoms with Gasteiger partial charge < -0.3 is 9.80 Å². The average Bonchev–Trinajstić information content (AvgIpc) is 2.54. The number of aryl methyl sites for hydroxylation is 1. The highest BCUT2D eigenvalue weighted by molar-refractivity contribution is 5.46. The molecule has 0 aliphatic rings. The van der Waals surface area contributed by atoms with Crippen molar-refractivity contribution in [2.75, 3.05) is 29.4 Å². The largest absolute Gasteiger partial charge is 0.357 e. The van der Waals surface area contributed by atoms with Gasteiger partial charge in [-0.3, -0.25) is 0 Å². The van der Waals surface area contributed by atoms with Gasteiger partial charge in [0, 0.05) is 37.9 Å². The molecule has 2 rings (SSSR count). The van der Waals surface area contributed by atoms with Gasteiger partial charge in [-0.25, -0.2) is 4.98 Å². The quantitative estimate of drug-likeness (QED) is 0.781. The van der Waals surface area contributed by atoms with Crippen molar-refractivity contribution in [3.8, 4) is 0 Å². The molecule has 0 radical (unpaired) electrons. The highest BCUT2D eigenvalue weighted by Gasteiger charge is 2.12. The molecule has 0 atom stereocenters. The van der Waals surface area contributed by atoms with Crippen LogP contribution in [0.3, 0.4) is 0 Å². The maximum Gasteiger partial charge on any atom is 0.227 e. The Morgan fingerprint density at radius 3 is 2.09 bits per heavy atom. The van der Waals surface area contributed by atoms with E-state index in [1.165, 1.54) is 5.56 Å². The summed E-state index contributed by atoms with van der Waals surface area (Å²) in [4.78, 5) is 13.9. The molecule has 1 heterocycles. The Morgan fingerprint density at radius 2 is 1.50 bits per heavy atom. The molecule has 0 amide bonds. The third-order valence-electron chi connectivity index (χ3n) is 3.80. The van der Waals surface area contributed by atoms with Gasteiger partial charge in [-0.05, 0) is 33.3 Å². The van der Waals surface area contributed by atoms with Crippen LogP contribution in [0.2, 0.25) is 0 Å². The van der Waals surface area contributed by atoms with Crippen LogP contribution in [-0.2, 0) is 6.54 Å². The fraction of sp³-hybridized carbons (Fsp3) is 0.444. The van der Waals surface area contributed by atoms with Crippen LogP contribution < -0.4 is 9.80 Å². The predicted octanol–water partition coefficient (Wildman–Crippen LogP) is 3.66. The molecule has 1 aromatic carbocycles. The number of aromatic nitrogens is 2. The minimum atomic E-state index is 0.813. The summed E-state index contributed by atoms with van der Waals surface area (Å²) in [5, 5.41) is 0. The van der Waals surface area contributed by atoms with Crippen molar-refractivity contribution in [3.63, 3.8) is 0 Å². The minimum Gasteiger partial charge on any atom is -0.357 e. The van der Waals surface area contributed by atoms with Gasteiger partial charge in [-0.2, -0.15) is 4.98 Å². The van der Waals surface area contributed by atoms with E-state index in [1.807, 2.05) is 13.0 Å². The van der Waals surface area contributed by atoms with Crippen molar-refractivity contribution >= 4 is 11.8 Å². The van der Waals surface area contributed by atoms with Crippen LogP contribution in [0.25, 0.3) is 0 Å². The number of hydrogen-bond acceptors (Lipinski definition) is 4. The monoisotopic (exact) mass is 298 g/mol. The van der Waals surface area contributed by atoms with Crippen molar-refractivity contribution in [1.29, 1.82) is 0 Å².